The number of ketones is 2. The van der Waals surface area contributed by atoms with E-state index in [2.05, 4.69) is 32.1 Å². The number of aliphatic hydroxyl groups excluding tert-OH is 1. The summed E-state index contributed by atoms with van der Waals surface area (Å²) in [4.78, 5) is 24.9. The Hall–Kier alpha value is -1.22. The van der Waals surface area contributed by atoms with Crippen LogP contribution in [0, 0.1) is 17.3 Å². The molecule has 0 radical (unpaired) electrons. The minimum Gasteiger partial charge on any atom is -0.392 e. The lowest BCUT2D eigenvalue weighted by molar-refractivity contribution is -0.139. The molecule has 0 aromatic rings. The van der Waals surface area contributed by atoms with Gasteiger partial charge in [0, 0.05) is 24.2 Å². The molecule has 136 valence electrons. The van der Waals surface area contributed by atoms with Crippen molar-refractivity contribution in [3.63, 3.8) is 0 Å². The van der Waals surface area contributed by atoms with E-state index in [0.717, 1.165) is 25.7 Å². The summed E-state index contributed by atoms with van der Waals surface area (Å²) in [6.07, 6.45) is 9.50. The maximum atomic E-state index is 12.8. The SMILES string of the molecule is CC1=C/CCCC(=O)C[C@H](O)C(C)(C)C(=O)C(C)C[C@@H](C)C\C=C\1. The molecule has 1 aliphatic rings. The van der Waals surface area contributed by atoms with Gasteiger partial charge in [-0.15, -0.1) is 0 Å². The van der Waals surface area contributed by atoms with Gasteiger partial charge < -0.3 is 5.11 Å². The minimum atomic E-state index is -0.902. The molecule has 0 spiro atoms. The van der Waals surface area contributed by atoms with Crippen LogP contribution in [0.2, 0.25) is 0 Å². The van der Waals surface area contributed by atoms with Crippen LogP contribution >= 0.6 is 0 Å². The van der Waals surface area contributed by atoms with Crippen LogP contribution in [0.3, 0.4) is 0 Å². The van der Waals surface area contributed by atoms with E-state index >= 15 is 0 Å². The van der Waals surface area contributed by atoms with E-state index in [9.17, 15) is 14.7 Å². The molecule has 0 amide bonds. The van der Waals surface area contributed by atoms with Crippen LogP contribution in [0.25, 0.3) is 0 Å². The highest BCUT2D eigenvalue weighted by atomic mass is 16.3. The van der Waals surface area contributed by atoms with Gasteiger partial charge in [-0.2, -0.15) is 0 Å². The van der Waals surface area contributed by atoms with Gasteiger partial charge in [0.1, 0.15) is 11.6 Å². The summed E-state index contributed by atoms with van der Waals surface area (Å²) in [5.74, 6) is 0.396. The second kappa shape index (κ2) is 9.31. The third kappa shape index (κ3) is 6.35. The standard InChI is InChI=1S/C21H34O3/c1-15-9-6-7-12-18(22)14-19(23)21(4,5)20(24)17(3)13-16(2)11-8-10-15/h8-10,16-17,19,23H,6-7,11-14H2,1-5H3/b10-8+,15-9-/t16-,17?,19-/m0/s1. The van der Waals surface area contributed by atoms with E-state index in [1.807, 2.05) is 6.92 Å². The van der Waals surface area contributed by atoms with E-state index in [4.69, 9.17) is 0 Å². The van der Waals surface area contributed by atoms with E-state index in [0.29, 0.717) is 12.3 Å². The highest BCUT2D eigenvalue weighted by Crippen LogP contribution is 2.31. The average molecular weight is 335 g/mol. The number of carbonyl (C=O) groups excluding carboxylic acids is 2. The van der Waals surface area contributed by atoms with Crippen LogP contribution in [0.5, 0.6) is 0 Å². The fourth-order valence-corrected chi connectivity index (χ4v) is 3.36. The Morgan fingerprint density at radius 2 is 1.88 bits per heavy atom. The van der Waals surface area contributed by atoms with Crippen molar-refractivity contribution in [3.05, 3.63) is 23.8 Å². The van der Waals surface area contributed by atoms with Crippen molar-refractivity contribution >= 4 is 11.6 Å². The van der Waals surface area contributed by atoms with Gasteiger partial charge in [-0.25, -0.2) is 0 Å². The molecule has 0 aromatic carbocycles. The Morgan fingerprint density at radius 1 is 1.21 bits per heavy atom. The molecule has 0 fully saturated rings. The van der Waals surface area contributed by atoms with Crippen molar-refractivity contribution in [3.8, 4) is 0 Å². The van der Waals surface area contributed by atoms with Crippen LogP contribution in [0.15, 0.2) is 23.8 Å². The first-order chi connectivity index (χ1) is 11.1. The summed E-state index contributed by atoms with van der Waals surface area (Å²) < 4.78 is 0. The van der Waals surface area contributed by atoms with E-state index < -0.39 is 11.5 Å². The van der Waals surface area contributed by atoms with Crippen LogP contribution in [0.1, 0.15) is 73.1 Å². The normalized spacial score (nSPS) is 34.4. The first-order valence-corrected chi connectivity index (χ1v) is 9.22. The maximum Gasteiger partial charge on any atom is 0.143 e. The summed E-state index contributed by atoms with van der Waals surface area (Å²) in [7, 11) is 0. The molecule has 1 aliphatic carbocycles. The summed E-state index contributed by atoms with van der Waals surface area (Å²) in [6, 6.07) is 0. The average Bonchev–Trinajstić information content (AvgIpc) is 2.49. The Kier molecular flexibility index (Phi) is 8.08. The monoisotopic (exact) mass is 334 g/mol. The van der Waals surface area contributed by atoms with Gasteiger partial charge in [-0.1, -0.05) is 51.5 Å². The van der Waals surface area contributed by atoms with Gasteiger partial charge in [0.2, 0.25) is 0 Å². The van der Waals surface area contributed by atoms with Gasteiger partial charge in [0.15, 0.2) is 0 Å². The highest BCUT2D eigenvalue weighted by Gasteiger charge is 2.38. The molecule has 1 unspecified atom stereocenters. The number of hydrogen-bond acceptors (Lipinski definition) is 3. The predicted octanol–water partition coefficient (Wildman–Crippen LogP) is 4.64. The third-order valence-corrected chi connectivity index (χ3v) is 5.14. The molecule has 0 saturated carbocycles. The smallest absolute Gasteiger partial charge is 0.143 e. The molecule has 3 nitrogen and oxygen atoms in total. The molecule has 1 rings (SSSR count). The largest absolute Gasteiger partial charge is 0.392 e. The number of rotatable bonds is 0. The van der Waals surface area contributed by atoms with Crippen molar-refractivity contribution in [2.45, 2.75) is 79.2 Å². The fraction of sp³-hybridized carbons (Fsp3) is 0.714. The number of allylic oxidation sites excluding steroid dienone is 4. The minimum absolute atomic E-state index is 0.0399. The van der Waals surface area contributed by atoms with Gasteiger partial charge in [-0.3, -0.25) is 9.59 Å². The first kappa shape index (κ1) is 20.8. The third-order valence-electron chi connectivity index (χ3n) is 5.14. The lowest BCUT2D eigenvalue weighted by Crippen LogP contribution is -2.41. The molecule has 1 N–H and O–H groups in total. The Balaban J connectivity index is 2.93. The Labute approximate surface area is 147 Å². The van der Waals surface area contributed by atoms with Crippen LogP contribution in [-0.2, 0) is 9.59 Å². The van der Waals surface area contributed by atoms with E-state index in [-0.39, 0.29) is 23.9 Å². The molecular formula is C21H34O3. The van der Waals surface area contributed by atoms with E-state index in [1.165, 1.54) is 5.57 Å². The summed E-state index contributed by atoms with van der Waals surface area (Å²) >= 11 is 0. The first-order valence-electron chi connectivity index (χ1n) is 9.22. The Morgan fingerprint density at radius 3 is 2.54 bits per heavy atom. The summed E-state index contributed by atoms with van der Waals surface area (Å²) in [6.45, 7) is 9.70. The molecule has 3 heteroatoms. The van der Waals surface area contributed by atoms with Crippen LogP contribution in [0.4, 0.5) is 0 Å². The predicted molar refractivity (Wildman–Crippen MR) is 98.7 cm³/mol. The second-order valence-corrected chi connectivity index (χ2v) is 8.06. The van der Waals surface area contributed by atoms with E-state index in [1.54, 1.807) is 13.8 Å². The van der Waals surface area contributed by atoms with Crippen molar-refractivity contribution in [1.82, 2.24) is 0 Å². The molecule has 0 aliphatic heterocycles. The summed E-state index contributed by atoms with van der Waals surface area (Å²) in [5, 5.41) is 10.4. The van der Waals surface area contributed by atoms with Crippen LogP contribution < -0.4 is 0 Å². The van der Waals surface area contributed by atoms with Crippen molar-refractivity contribution in [1.29, 1.82) is 0 Å². The van der Waals surface area contributed by atoms with Crippen molar-refractivity contribution in [2.24, 2.45) is 17.3 Å². The van der Waals surface area contributed by atoms with Gasteiger partial charge in [0.05, 0.1) is 6.10 Å². The lowest BCUT2D eigenvalue weighted by Gasteiger charge is -2.32. The molecule has 0 heterocycles. The van der Waals surface area contributed by atoms with Crippen molar-refractivity contribution < 1.29 is 14.7 Å². The zero-order valence-electron chi connectivity index (χ0n) is 16.0. The Bertz CT molecular complexity index is 499. The highest BCUT2D eigenvalue weighted by molar-refractivity contribution is 5.88. The lowest BCUT2D eigenvalue weighted by atomic mass is 9.73. The van der Waals surface area contributed by atoms with Crippen LogP contribution in [-0.4, -0.2) is 22.8 Å². The number of aliphatic hydroxyl groups is 1. The number of hydrogen-bond donors (Lipinski definition) is 1. The van der Waals surface area contributed by atoms with Crippen molar-refractivity contribution in [2.75, 3.05) is 0 Å². The molecule has 3 atom stereocenters. The number of Topliss-reactive ketones (excluding diaryl/α,β-unsaturated/α-hetero) is 2. The number of carbonyl (C=O) groups is 2. The molecule has 24 heavy (non-hydrogen) atoms. The molecule has 0 saturated heterocycles. The second-order valence-electron chi connectivity index (χ2n) is 8.06. The van der Waals surface area contributed by atoms with Gasteiger partial charge in [-0.05, 0) is 38.5 Å². The molecular weight excluding hydrogens is 300 g/mol. The summed E-state index contributed by atoms with van der Waals surface area (Å²) in [5.41, 5.74) is 0.338. The van der Waals surface area contributed by atoms with Gasteiger partial charge >= 0.3 is 0 Å². The zero-order chi connectivity index (χ0) is 18.3. The molecule has 0 bridgehead atoms. The quantitative estimate of drug-likeness (QED) is 0.702. The topological polar surface area (TPSA) is 54.4 Å². The van der Waals surface area contributed by atoms with Gasteiger partial charge in [0.25, 0.3) is 0 Å². The zero-order valence-corrected chi connectivity index (χ0v) is 16.0. The molecule has 0 aromatic heterocycles. The maximum absolute atomic E-state index is 12.8. The fourth-order valence-electron chi connectivity index (χ4n) is 3.36.